The summed E-state index contributed by atoms with van der Waals surface area (Å²) < 4.78 is 0. The molecule has 7 heteroatoms. The zero-order valence-electron chi connectivity index (χ0n) is 15.3. The monoisotopic (exact) mass is 379 g/mol. The van der Waals surface area contributed by atoms with Gasteiger partial charge >= 0.3 is 6.03 Å². The minimum absolute atomic E-state index is 0.0321. The molecule has 0 spiro atoms. The van der Waals surface area contributed by atoms with Crippen molar-refractivity contribution >= 4 is 29.2 Å². The van der Waals surface area contributed by atoms with Crippen LogP contribution in [0.4, 0.5) is 16.2 Å². The molecule has 0 bridgehead atoms. The van der Waals surface area contributed by atoms with Crippen molar-refractivity contribution in [3.8, 4) is 5.75 Å². The molecule has 4 amide bonds. The number of amides is 4. The summed E-state index contributed by atoms with van der Waals surface area (Å²) in [5, 5.41) is 14.6. The molecule has 1 fully saturated rings. The Bertz CT molecular complexity index is 933. The number of fused-ring (bicyclic) bond motifs is 1. The lowest BCUT2D eigenvalue weighted by molar-refractivity contribution is 0.0549. The maximum atomic E-state index is 12.8. The molecule has 1 saturated carbocycles. The van der Waals surface area contributed by atoms with Crippen LogP contribution >= 0.6 is 0 Å². The van der Waals surface area contributed by atoms with E-state index in [9.17, 15) is 19.5 Å². The molecule has 0 saturated heterocycles. The molecule has 1 aliphatic carbocycles. The summed E-state index contributed by atoms with van der Waals surface area (Å²) >= 11 is 0. The topological polar surface area (TPSA) is 98.7 Å². The van der Waals surface area contributed by atoms with Crippen molar-refractivity contribution in [2.75, 3.05) is 10.6 Å². The highest BCUT2D eigenvalue weighted by atomic mass is 16.3. The van der Waals surface area contributed by atoms with Gasteiger partial charge in [0.05, 0.1) is 11.1 Å². The standard InChI is InChI=1S/C21H21N3O4/c25-16-9-6-13(7-10-16)22-21(28)23-14-8-11-17-18(12-14)20(27)24(19(17)26)15-4-2-1-3-5-15/h6-12,15,25H,1-5H2,(H2,22,23,28). The summed E-state index contributed by atoms with van der Waals surface area (Å²) in [7, 11) is 0. The Morgan fingerprint density at radius 3 is 2.18 bits per heavy atom. The smallest absolute Gasteiger partial charge is 0.323 e. The summed E-state index contributed by atoms with van der Waals surface area (Å²) in [4.78, 5) is 39.1. The fraction of sp³-hybridized carbons (Fsp3) is 0.286. The number of rotatable bonds is 3. The normalized spacial score (nSPS) is 16.8. The van der Waals surface area contributed by atoms with Gasteiger partial charge < -0.3 is 15.7 Å². The fourth-order valence-corrected chi connectivity index (χ4v) is 3.85. The van der Waals surface area contributed by atoms with Crippen LogP contribution in [-0.2, 0) is 0 Å². The van der Waals surface area contributed by atoms with E-state index in [1.165, 1.54) is 17.0 Å². The number of urea groups is 1. The van der Waals surface area contributed by atoms with E-state index in [1.807, 2.05) is 0 Å². The van der Waals surface area contributed by atoms with Gasteiger partial charge in [-0.25, -0.2) is 4.79 Å². The number of aromatic hydroxyl groups is 1. The summed E-state index contributed by atoms with van der Waals surface area (Å²) in [6.07, 6.45) is 4.91. The lowest BCUT2D eigenvalue weighted by atomic mass is 9.94. The Balaban J connectivity index is 1.48. The van der Waals surface area contributed by atoms with Gasteiger partial charge in [-0.3, -0.25) is 14.5 Å². The average Bonchev–Trinajstić information content (AvgIpc) is 2.94. The predicted octanol–water partition coefficient (Wildman–Crippen LogP) is 3.96. The van der Waals surface area contributed by atoms with Crippen LogP contribution < -0.4 is 10.6 Å². The van der Waals surface area contributed by atoms with Crippen LogP contribution in [0.5, 0.6) is 5.75 Å². The third kappa shape index (κ3) is 3.43. The van der Waals surface area contributed by atoms with Gasteiger partial charge in [0, 0.05) is 17.4 Å². The van der Waals surface area contributed by atoms with E-state index in [1.54, 1.807) is 30.3 Å². The molecular formula is C21H21N3O4. The van der Waals surface area contributed by atoms with Gasteiger partial charge in [0.2, 0.25) is 0 Å². The van der Waals surface area contributed by atoms with Gasteiger partial charge in [-0.2, -0.15) is 0 Å². The van der Waals surface area contributed by atoms with Gasteiger partial charge in [-0.15, -0.1) is 0 Å². The van der Waals surface area contributed by atoms with Crippen molar-refractivity contribution < 1.29 is 19.5 Å². The Morgan fingerprint density at radius 2 is 1.46 bits per heavy atom. The minimum atomic E-state index is -0.480. The van der Waals surface area contributed by atoms with Crippen LogP contribution in [0.15, 0.2) is 42.5 Å². The van der Waals surface area contributed by atoms with Crippen LogP contribution in [0.1, 0.15) is 52.8 Å². The van der Waals surface area contributed by atoms with Crippen LogP contribution in [0.25, 0.3) is 0 Å². The van der Waals surface area contributed by atoms with Crippen molar-refractivity contribution in [1.29, 1.82) is 0 Å². The van der Waals surface area contributed by atoms with Crippen LogP contribution in [-0.4, -0.2) is 33.9 Å². The molecule has 1 heterocycles. The van der Waals surface area contributed by atoms with Crippen molar-refractivity contribution in [2.24, 2.45) is 0 Å². The highest BCUT2D eigenvalue weighted by molar-refractivity contribution is 6.22. The number of phenolic OH excluding ortho intramolecular Hbond substituents is 1. The number of imide groups is 1. The maximum absolute atomic E-state index is 12.8. The molecule has 2 aromatic carbocycles. The quantitative estimate of drug-likeness (QED) is 0.555. The first-order valence-electron chi connectivity index (χ1n) is 9.42. The Hall–Kier alpha value is -3.35. The van der Waals surface area contributed by atoms with E-state index in [0.717, 1.165) is 32.1 Å². The number of nitrogens with one attached hydrogen (secondary N) is 2. The first kappa shape index (κ1) is 18.0. The number of nitrogens with zero attached hydrogens (tertiary/aromatic N) is 1. The molecule has 3 N–H and O–H groups in total. The molecule has 0 radical (unpaired) electrons. The molecule has 2 aliphatic rings. The summed E-state index contributed by atoms with van der Waals surface area (Å²) in [6.45, 7) is 0. The molecule has 0 unspecified atom stereocenters. The number of hydrogen-bond donors (Lipinski definition) is 3. The van der Waals surface area contributed by atoms with Crippen LogP contribution in [0.2, 0.25) is 0 Å². The van der Waals surface area contributed by atoms with Gasteiger partial charge in [-0.1, -0.05) is 19.3 Å². The number of carbonyl (C=O) groups is 3. The third-order valence-corrected chi connectivity index (χ3v) is 5.24. The zero-order valence-corrected chi connectivity index (χ0v) is 15.3. The van der Waals surface area contributed by atoms with E-state index >= 15 is 0 Å². The first-order chi connectivity index (χ1) is 13.5. The number of anilines is 2. The molecule has 28 heavy (non-hydrogen) atoms. The molecular weight excluding hydrogens is 358 g/mol. The fourth-order valence-electron chi connectivity index (χ4n) is 3.85. The van der Waals surface area contributed by atoms with Gasteiger partial charge in [0.15, 0.2) is 0 Å². The molecule has 144 valence electrons. The largest absolute Gasteiger partial charge is 0.508 e. The molecule has 2 aromatic rings. The maximum Gasteiger partial charge on any atom is 0.323 e. The molecule has 1 aliphatic heterocycles. The van der Waals surface area contributed by atoms with Gasteiger partial charge in [0.1, 0.15) is 5.75 Å². The molecule has 4 rings (SSSR count). The number of benzene rings is 2. The van der Waals surface area contributed by atoms with Crippen LogP contribution in [0, 0.1) is 0 Å². The first-order valence-corrected chi connectivity index (χ1v) is 9.42. The second kappa shape index (κ2) is 7.34. The Labute approximate surface area is 162 Å². The third-order valence-electron chi connectivity index (χ3n) is 5.24. The molecule has 7 nitrogen and oxygen atoms in total. The van der Waals surface area contributed by atoms with Crippen molar-refractivity contribution in [3.05, 3.63) is 53.6 Å². The average molecular weight is 379 g/mol. The SMILES string of the molecule is O=C(Nc1ccc(O)cc1)Nc1ccc2c(c1)C(=O)N(C1CCCCC1)C2=O. The number of hydrogen-bond acceptors (Lipinski definition) is 4. The van der Waals surface area contributed by atoms with E-state index in [2.05, 4.69) is 10.6 Å². The van der Waals surface area contributed by atoms with Crippen LogP contribution in [0.3, 0.4) is 0 Å². The van der Waals surface area contributed by atoms with E-state index in [0.29, 0.717) is 22.5 Å². The zero-order chi connectivity index (χ0) is 19.7. The number of carbonyl (C=O) groups excluding carboxylic acids is 3. The van der Waals surface area contributed by atoms with E-state index < -0.39 is 6.03 Å². The number of phenols is 1. The van der Waals surface area contributed by atoms with Gasteiger partial charge in [0.25, 0.3) is 11.8 Å². The lowest BCUT2D eigenvalue weighted by Gasteiger charge is -2.29. The van der Waals surface area contributed by atoms with Crippen molar-refractivity contribution in [3.63, 3.8) is 0 Å². The summed E-state index contributed by atoms with van der Waals surface area (Å²) in [5.74, 6) is -0.420. The minimum Gasteiger partial charge on any atom is -0.508 e. The molecule has 0 aromatic heterocycles. The highest BCUT2D eigenvalue weighted by Crippen LogP contribution is 2.32. The molecule has 0 atom stereocenters. The summed E-state index contributed by atoms with van der Waals surface area (Å²) in [6, 6.07) is 10.3. The van der Waals surface area contributed by atoms with Crippen molar-refractivity contribution in [2.45, 2.75) is 38.1 Å². The lowest BCUT2D eigenvalue weighted by Crippen LogP contribution is -2.40. The van der Waals surface area contributed by atoms with Crippen molar-refractivity contribution in [1.82, 2.24) is 4.90 Å². The van der Waals surface area contributed by atoms with Gasteiger partial charge in [-0.05, 0) is 55.3 Å². The van der Waals surface area contributed by atoms with E-state index in [-0.39, 0.29) is 23.6 Å². The highest BCUT2D eigenvalue weighted by Gasteiger charge is 2.40. The second-order valence-electron chi connectivity index (χ2n) is 7.16. The Kier molecular flexibility index (Phi) is 4.73. The summed E-state index contributed by atoms with van der Waals surface area (Å²) in [5.41, 5.74) is 1.67. The predicted molar refractivity (Wildman–Crippen MR) is 105 cm³/mol. The van der Waals surface area contributed by atoms with E-state index in [4.69, 9.17) is 0 Å². The Morgan fingerprint density at radius 1 is 0.857 bits per heavy atom. The second-order valence-corrected chi connectivity index (χ2v) is 7.16.